The van der Waals surface area contributed by atoms with Crippen LogP contribution in [-0.4, -0.2) is 44.6 Å². The number of nitrogens with zero attached hydrogens (tertiary/aromatic N) is 4. The van der Waals surface area contributed by atoms with Crippen molar-refractivity contribution < 1.29 is 9.59 Å². The maximum atomic E-state index is 13.4. The first kappa shape index (κ1) is 22.3. The average Bonchev–Trinajstić information content (AvgIpc) is 3.11. The van der Waals surface area contributed by atoms with Crippen LogP contribution in [0.4, 0.5) is 0 Å². The van der Waals surface area contributed by atoms with Crippen molar-refractivity contribution in [2.24, 2.45) is 11.7 Å². The van der Waals surface area contributed by atoms with Crippen LogP contribution in [0.15, 0.2) is 35.5 Å². The Morgan fingerprint density at radius 3 is 2.43 bits per heavy atom. The van der Waals surface area contributed by atoms with Crippen LogP contribution in [0.3, 0.4) is 0 Å². The van der Waals surface area contributed by atoms with Gasteiger partial charge in [0.2, 0.25) is 11.8 Å². The minimum absolute atomic E-state index is 0.128. The number of amides is 2. The van der Waals surface area contributed by atoms with E-state index in [9.17, 15) is 9.59 Å². The van der Waals surface area contributed by atoms with Gasteiger partial charge >= 0.3 is 0 Å². The molecule has 0 saturated carbocycles. The molecule has 2 amide bonds. The molecule has 0 radical (unpaired) electrons. The number of likely N-dealkylation sites (tertiary alicyclic amines) is 1. The van der Waals surface area contributed by atoms with E-state index >= 15 is 0 Å². The third-order valence-electron chi connectivity index (χ3n) is 5.15. The van der Waals surface area contributed by atoms with E-state index in [0.29, 0.717) is 17.5 Å². The second kappa shape index (κ2) is 10.6. The third kappa shape index (κ3) is 5.84. The summed E-state index contributed by atoms with van der Waals surface area (Å²) in [6.07, 6.45) is 3.97. The van der Waals surface area contributed by atoms with Crippen molar-refractivity contribution in [1.29, 1.82) is 0 Å². The van der Waals surface area contributed by atoms with Gasteiger partial charge in [-0.2, -0.15) is 0 Å². The predicted octanol–water partition coefficient (Wildman–Crippen LogP) is 3.20. The lowest BCUT2D eigenvalue weighted by molar-refractivity contribution is -0.131. The fraction of sp³-hybridized carbons (Fsp3) is 0.545. The number of aromatic nitrogens is 3. The van der Waals surface area contributed by atoms with E-state index in [4.69, 9.17) is 5.73 Å². The Bertz CT molecular complexity index is 846. The highest BCUT2D eigenvalue weighted by Crippen LogP contribution is 2.37. The van der Waals surface area contributed by atoms with Crippen LogP contribution in [0.5, 0.6) is 0 Å². The zero-order valence-electron chi connectivity index (χ0n) is 17.8. The Balaban J connectivity index is 1.89. The first-order chi connectivity index (χ1) is 14.5. The van der Waals surface area contributed by atoms with Crippen molar-refractivity contribution in [3.63, 3.8) is 0 Å². The molecule has 0 spiro atoms. The minimum atomic E-state index is -0.372. The number of benzene rings is 1. The normalized spacial score (nSPS) is 15.4. The standard InChI is InChI=1S/C22H31N5O2S/c1-16(2)15-27-19(12-11-18(23)28)24-25-22(27)30-20(17-9-5-3-6-10-17)21(29)26-13-7-4-8-14-26/h3,5-6,9-10,16,20H,4,7-8,11-15H2,1-2H3,(H2,23,28). The smallest absolute Gasteiger partial charge is 0.240 e. The highest BCUT2D eigenvalue weighted by atomic mass is 32.2. The molecule has 30 heavy (non-hydrogen) atoms. The summed E-state index contributed by atoms with van der Waals surface area (Å²) in [5.41, 5.74) is 6.29. The zero-order chi connectivity index (χ0) is 21.5. The van der Waals surface area contributed by atoms with Gasteiger partial charge in [0.1, 0.15) is 11.1 Å². The Morgan fingerprint density at radius 2 is 1.80 bits per heavy atom. The van der Waals surface area contributed by atoms with Crippen LogP contribution < -0.4 is 5.73 Å². The molecule has 7 nitrogen and oxygen atoms in total. The minimum Gasteiger partial charge on any atom is -0.370 e. The molecule has 2 N–H and O–H groups in total. The second-order valence-corrected chi connectivity index (χ2v) is 9.24. The van der Waals surface area contributed by atoms with E-state index in [-0.39, 0.29) is 23.5 Å². The van der Waals surface area contributed by atoms with Crippen LogP contribution in [-0.2, 0) is 22.6 Å². The van der Waals surface area contributed by atoms with Crippen molar-refractivity contribution in [2.45, 2.75) is 62.9 Å². The van der Waals surface area contributed by atoms with Gasteiger partial charge in [-0.05, 0) is 30.7 Å². The van der Waals surface area contributed by atoms with Gasteiger partial charge in [-0.1, -0.05) is 55.9 Å². The second-order valence-electron chi connectivity index (χ2n) is 8.16. The first-order valence-electron chi connectivity index (χ1n) is 10.7. The maximum absolute atomic E-state index is 13.4. The van der Waals surface area contributed by atoms with Crippen LogP contribution in [0.2, 0.25) is 0 Å². The van der Waals surface area contributed by atoms with E-state index in [2.05, 4.69) is 24.0 Å². The lowest BCUT2D eigenvalue weighted by Gasteiger charge is -2.30. The highest BCUT2D eigenvalue weighted by molar-refractivity contribution is 8.00. The SMILES string of the molecule is CC(C)Cn1c(CCC(N)=O)nnc1SC(C(=O)N1CCCCC1)c1ccccc1. The number of thioether (sulfide) groups is 1. The van der Waals surface area contributed by atoms with Gasteiger partial charge in [0.25, 0.3) is 0 Å². The van der Waals surface area contributed by atoms with Gasteiger partial charge in [0.05, 0.1) is 0 Å². The van der Waals surface area contributed by atoms with E-state index < -0.39 is 0 Å². The summed E-state index contributed by atoms with van der Waals surface area (Å²) in [4.78, 5) is 26.7. The van der Waals surface area contributed by atoms with Crippen molar-refractivity contribution in [3.05, 3.63) is 41.7 Å². The monoisotopic (exact) mass is 429 g/mol. The molecule has 1 fully saturated rings. The summed E-state index contributed by atoms with van der Waals surface area (Å²) >= 11 is 1.45. The summed E-state index contributed by atoms with van der Waals surface area (Å²) in [7, 11) is 0. The van der Waals surface area contributed by atoms with Crippen molar-refractivity contribution >= 4 is 23.6 Å². The molecule has 3 rings (SSSR count). The number of hydrogen-bond donors (Lipinski definition) is 1. The molecule has 1 atom stereocenters. The summed E-state index contributed by atoms with van der Waals surface area (Å²) in [5, 5.41) is 9.05. The highest BCUT2D eigenvalue weighted by Gasteiger charge is 2.30. The van der Waals surface area contributed by atoms with Crippen molar-refractivity contribution in [2.75, 3.05) is 13.1 Å². The number of hydrogen-bond acceptors (Lipinski definition) is 5. The Morgan fingerprint density at radius 1 is 1.10 bits per heavy atom. The third-order valence-corrected chi connectivity index (χ3v) is 6.38. The molecule has 8 heteroatoms. The van der Waals surface area contributed by atoms with Crippen LogP contribution in [0.25, 0.3) is 0 Å². The van der Waals surface area contributed by atoms with Gasteiger partial charge in [-0.3, -0.25) is 9.59 Å². The molecule has 0 aliphatic carbocycles. The quantitative estimate of drug-likeness (QED) is 0.618. The Kier molecular flexibility index (Phi) is 7.90. The molecule has 1 aliphatic heterocycles. The molecular formula is C22H31N5O2S. The first-order valence-corrected chi connectivity index (χ1v) is 11.5. The number of primary amides is 1. The Labute approximate surface area is 182 Å². The van der Waals surface area contributed by atoms with Crippen molar-refractivity contribution in [1.82, 2.24) is 19.7 Å². The molecule has 2 heterocycles. The van der Waals surface area contributed by atoms with Gasteiger partial charge in [0, 0.05) is 32.5 Å². The summed E-state index contributed by atoms with van der Waals surface area (Å²) in [5.74, 6) is 0.886. The van der Waals surface area contributed by atoms with Gasteiger partial charge in [-0.25, -0.2) is 0 Å². The maximum Gasteiger partial charge on any atom is 0.240 e. The molecule has 162 valence electrons. The number of rotatable bonds is 9. The zero-order valence-corrected chi connectivity index (χ0v) is 18.6. The molecule has 1 aliphatic rings. The number of piperidine rings is 1. The molecule has 1 aromatic carbocycles. The lowest BCUT2D eigenvalue weighted by atomic mass is 10.1. The van der Waals surface area contributed by atoms with Crippen LogP contribution in [0, 0.1) is 5.92 Å². The average molecular weight is 430 g/mol. The van der Waals surface area contributed by atoms with Gasteiger partial charge in [-0.15, -0.1) is 10.2 Å². The van der Waals surface area contributed by atoms with Gasteiger partial charge < -0.3 is 15.2 Å². The number of carbonyl (C=O) groups is 2. The summed E-state index contributed by atoms with van der Waals surface area (Å²) in [6, 6.07) is 9.88. The lowest BCUT2D eigenvalue weighted by Crippen LogP contribution is -2.38. The van der Waals surface area contributed by atoms with E-state index in [1.807, 2.05) is 39.8 Å². The molecule has 2 aromatic rings. The fourth-order valence-corrected chi connectivity index (χ4v) is 4.80. The van der Waals surface area contributed by atoms with E-state index in [0.717, 1.165) is 43.9 Å². The van der Waals surface area contributed by atoms with Crippen LogP contribution in [0.1, 0.15) is 56.2 Å². The molecule has 1 aromatic heterocycles. The van der Waals surface area contributed by atoms with E-state index in [1.165, 1.54) is 18.2 Å². The predicted molar refractivity (Wildman–Crippen MR) is 118 cm³/mol. The number of nitrogens with two attached hydrogens (primary N) is 1. The number of aryl methyl sites for hydroxylation is 1. The molecule has 1 saturated heterocycles. The summed E-state index contributed by atoms with van der Waals surface area (Å²) in [6.45, 7) is 6.60. The van der Waals surface area contributed by atoms with Crippen LogP contribution >= 0.6 is 11.8 Å². The van der Waals surface area contributed by atoms with Crippen molar-refractivity contribution in [3.8, 4) is 0 Å². The molecular weight excluding hydrogens is 398 g/mol. The molecule has 1 unspecified atom stereocenters. The Hall–Kier alpha value is -2.35. The topological polar surface area (TPSA) is 94.1 Å². The molecule has 0 bridgehead atoms. The number of carbonyl (C=O) groups excluding carboxylic acids is 2. The fourth-order valence-electron chi connectivity index (χ4n) is 3.65. The largest absolute Gasteiger partial charge is 0.370 e. The van der Waals surface area contributed by atoms with E-state index in [1.54, 1.807) is 0 Å². The summed E-state index contributed by atoms with van der Waals surface area (Å²) < 4.78 is 2.04. The van der Waals surface area contributed by atoms with Gasteiger partial charge in [0.15, 0.2) is 5.16 Å².